The van der Waals surface area contributed by atoms with Crippen molar-refractivity contribution in [3.05, 3.63) is 35.1 Å². The van der Waals surface area contributed by atoms with Crippen molar-refractivity contribution >= 4 is 12.4 Å². The third-order valence-corrected chi connectivity index (χ3v) is 3.58. The monoisotopic (exact) mass is 290 g/mol. The van der Waals surface area contributed by atoms with E-state index in [9.17, 15) is 8.78 Å². The molecule has 0 saturated carbocycles. The Morgan fingerprint density at radius 2 is 2.00 bits per heavy atom. The fraction of sp³-hybridized carbons (Fsp3) is 0.571. The number of halogens is 3. The summed E-state index contributed by atoms with van der Waals surface area (Å²) in [4.78, 5) is 2.25. The Labute approximate surface area is 119 Å². The average molecular weight is 291 g/mol. The summed E-state index contributed by atoms with van der Waals surface area (Å²) in [7, 11) is 0. The molecule has 108 valence electrons. The van der Waals surface area contributed by atoms with E-state index in [1.165, 1.54) is 6.07 Å². The number of rotatable bonds is 4. The van der Waals surface area contributed by atoms with Gasteiger partial charge in [0, 0.05) is 32.2 Å². The first kappa shape index (κ1) is 16.3. The number of benzene rings is 1. The van der Waals surface area contributed by atoms with Crippen molar-refractivity contribution in [3.8, 4) is 0 Å². The molecule has 1 atom stereocenters. The number of piperazine rings is 1. The highest BCUT2D eigenvalue weighted by Gasteiger charge is 2.23. The molecule has 0 amide bonds. The van der Waals surface area contributed by atoms with Crippen LogP contribution in [0.4, 0.5) is 8.78 Å². The van der Waals surface area contributed by atoms with Crippen LogP contribution in [0.5, 0.6) is 0 Å². The maximum absolute atomic E-state index is 13.4. The van der Waals surface area contributed by atoms with Crippen LogP contribution in [0.3, 0.4) is 0 Å². The number of hydrogen-bond donors (Lipinski definition) is 1. The lowest BCUT2D eigenvalue weighted by Gasteiger charge is -2.35. The molecule has 1 heterocycles. The molecule has 2 rings (SSSR count). The van der Waals surface area contributed by atoms with Crippen LogP contribution in [0, 0.1) is 12.7 Å². The molecule has 5 heteroatoms. The normalized spacial score (nSPS) is 17.8. The lowest BCUT2D eigenvalue weighted by Crippen LogP contribution is -2.45. The summed E-state index contributed by atoms with van der Waals surface area (Å²) in [6.45, 7) is 5.20. The van der Waals surface area contributed by atoms with Crippen molar-refractivity contribution in [2.45, 2.75) is 19.4 Å². The molecule has 1 saturated heterocycles. The zero-order valence-electron chi connectivity index (χ0n) is 11.2. The molecule has 0 spiro atoms. The van der Waals surface area contributed by atoms with Crippen LogP contribution in [-0.4, -0.2) is 37.8 Å². The van der Waals surface area contributed by atoms with Gasteiger partial charge in [0.15, 0.2) is 0 Å². The Hall–Kier alpha value is -0.710. The third-order valence-electron chi connectivity index (χ3n) is 3.58. The molecule has 1 aromatic rings. The number of alkyl halides is 1. The van der Waals surface area contributed by atoms with E-state index >= 15 is 0 Å². The van der Waals surface area contributed by atoms with Crippen molar-refractivity contribution in [2.75, 3.05) is 32.9 Å². The molecule has 1 aliphatic heterocycles. The van der Waals surface area contributed by atoms with Gasteiger partial charge < -0.3 is 5.32 Å². The predicted molar refractivity (Wildman–Crippen MR) is 76.2 cm³/mol. The molecular weight excluding hydrogens is 270 g/mol. The summed E-state index contributed by atoms with van der Waals surface area (Å²) in [6, 6.07) is 4.78. The molecule has 19 heavy (non-hydrogen) atoms. The molecule has 1 N–H and O–H groups in total. The fourth-order valence-electron chi connectivity index (χ4n) is 2.60. The largest absolute Gasteiger partial charge is 0.314 e. The Bertz CT molecular complexity index is 395. The maximum atomic E-state index is 13.4. The quantitative estimate of drug-likeness (QED) is 0.917. The molecule has 0 bridgehead atoms. The molecule has 0 aromatic heterocycles. The van der Waals surface area contributed by atoms with Gasteiger partial charge in [-0.1, -0.05) is 6.07 Å². The Morgan fingerprint density at radius 1 is 1.32 bits per heavy atom. The number of aryl methyl sites for hydroxylation is 1. The second-order valence-electron chi connectivity index (χ2n) is 4.78. The smallest absolute Gasteiger partial charge is 0.123 e. The topological polar surface area (TPSA) is 15.3 Å². The van der Waals surface area contributed by atoms with E-state index in [4.69, 9.17) is 0 Å². The van der Waals surface area contributed by atoms with Crippen molar-refractivity contribution in [1.29, 1.82) is 0 Å². The van der Waals surface area contributed by atoms with Gasteiger partial charge in [-0.25, -0.2) is 4.39 Å². The SMILES string of the molecule is Cc1ccc(F)cc1[C@H](CCF)N1CCNCC1.Cl. The van der Waals surface area contributed by atoms with Gasteiger partial charge in [-0.15, -0.1) is 12.4 Å². The van der Waals surface area contributed by atoms with Crippen LogP contribution in [0.15, 0.2) is 18.2 Å². The van der Waals surface area contributed by atoms with Crippen LogP contribution in [0.25, 0.3) is 0 Å². The molecule has 1 aromatic carbocycles. The van der Waals surface area contributed by atoms with E-state index in [1.54, 1.807) is 12.1 Å². The lowest BCUT2D eigenvalue weighted by molar-refractivity contribution is 0.157. The van der Waals surface area contributed by atoms with Gasteiger partial charge in [-0.2, -0.15) is 0 Å². The van der Waals surface area contributed by atoms with E-state index in [0.717, 1.165) is 37.3 Å². The fourth-order valence-corrected chi connectivity index (χ4v) is 2.60. The molecule has 1 aliphatic rings. The summed E-state index contributed by atoms with van der Waals surface area (Å²) < 4.78 is 26.2. The first-order valence-electron chi connectivity index (χ1n) is 6.49. The van der Waals surface area contributed by atoms with E-state index in [0.29, 0.717) is 6.42 Å². The van der Waals surface area contributed by atoms with Gasteiger partial charge in [0.05, 0.1) is 6.67 Å². The van der Waals surface area contributed by atoms with E-state index in [-0.39, 0.29) is 30.9 Å². The summed E-state index contributed by atoms with van der Waals surface area (Å²) in [5, 5.41) is 3.28. The minimum absolute atomic E-state index is 0. The highest BCUT2D eigenvalue weighted by molar-refractivity contribution is 5.85. The molecular formula is C14H21ClF2N2. The minimum atomic E-state index is -0.370. The zero-order chi connectivity index (χ0) is 13.0. The van der Waals surface area contributed by atoms with Gasteiger partial charge in [-0.05, 0) is 36.6 Å². The number of nitrogens with one attached hydrogen (secondary N) is 1. The predicted octanol–water partition coefficient (Wildman–Crippen LogP) is 2.86. The van der Waals surface area contributed by atoms with Crippen LogP contribution in [-0.2, 0) is 0 Å². The van der Waals surface area contributed by atoms with E-state index in [2.05, 4.69) is 10.2 Å². The molecule has 0 aliphatic carbocycles. The Morgan fingerprint density at radius 3 is 2.63 bits per heavy atom. The van der Waals surface area contributed by atoms with E-state index in [1.807, 2.05) is 6.92 Å². The van der Waals surface area contributed by atoms with Gasteiger partial charge in [0.2, 0.25) is 0 Å². The first-order chi connectivity index (χ1) is 8.72. The summed E-state index contributed by atoms with van der Waals surface area (Å²) >= 11 is 0. The van der Waals surface area contributed by atoms with Crippen molar-refractivity contribution in [2.24, 2.45) is 0 Å². The van der Waals surface area contributed by atoms with Crippen LogP contribution < -0.4 is 5.32 Å². The molecule has 2 nitrogen and oxygen atoms in total. The van der Waals surface area contributed by atoms with Gasteiger partial charge in [0.25, 0.3) is 0 Å². The summed E-state index contributed by atoms with van der Waals surface area (Å²) in [5.74, 6) is -0.241. The number of nitrogens with zero attached hydrogens (tertiary/aromatic N) is 1. The van der Waals surface area contributed by atoms with Gasteiger partial charge in [0.1, 0.15) is 5.82 Å². The maximum Gasteiger partial charge on any atom is 0.123 e. The molecule has 0 radical (unpaired) electrons. The number of hydrogen-bond acceptors (Lipinski definition) is 2. The van der Waals surface area contributed by atoms with Crippen LogP contribution in [0.1, 0.15) is 23.6 Å². The minimum Gasteiger partial charge on any atom is -0.314 e. The molecule has 1 fully saturated rings. The van der Waals surface area contributed by atoms with Crippen molar-refractivity contribution < 1.29 is 8.78 Å². The first-order valence-corrected chi connectivity index (χ1v) is 6.49. The Kier molecular flexibility index (Phi) is 6.69. The standard InChI is InChI=1S/C14H20F2N2.ClH/c1-11-2-3-12(16)10-13(11)14(4-5-15)18-8-6-17-7-9-18;/h2-3,10,14,17H,4-9H2,1H3;1H/t14-;/m0./s1. The third kappa shape index (κ3) is 4.13. The van der Waals surface area contributed by atoms with Crippen molar-refractivity contribution in [1.82, 2.24) is 10.2 Å². The second-order valence-corrected chi connectivity index (χ2v) is 4.78. The van der Waals surface area contributed by atoms with E-state index < -0.39 is 0 Å². The average Bonchev–Trinajstić information content (AvgIpc) is 2.40. The molecule has 0 unspecified atom stereocenters. The van der Waals surface area contributed by atoms with Crippen molar-refractivity contribution in [3.63, 3.8) is 0 Å². The highest BCUT2D eigenvalue weighted by Crippen LogP contribution is 2.28. The van der Waals surface area contributed by atoms with Gasteiger partial charge >= 0.3 is 0 Å². The Balaban J connectivity index is 0.00000180. The van der Waals surface area contributed by atoms with Gasteiger partial charge in [-0.3, -0.25) is 9.29 Å². The highest BCUT2D eigenvalue weighted by atomic mass is 35.5. The van der Waals surface area contributed by atoms with Crippen LogP contribution >= 0.6 is 12.4 Å². The summed E-state index contributed by atoms with van der Waals surface area (Å²) in [5.41, 5.74) is 1.96. The lowest BCUT2D eigenvalue weighted by atomic mass is 9.97. The summed E-state index contributed by atoms with van der Waals surface area (Å²) in [6.07, 6.45) is 0.435. The van der Waals surface area contributed by atoms with Crippen LogP contribution in [0.2, 0.25) is 0 Å². The second kappa shape index (κ2) is 7.78. The zero-order valence-corrected chi connectivity index (χ0v) is 12.0.